The summed E-state index contributed by atoms with van der Waals surface area (Å²) in [6.07, 6.45) is 0.949. The summed E-state index contributed by atoms with van der Waals surface area (Å²) in [7, 11) is -3.43. The second kappa shape index (κ2) is 13.6. The van der Waals surface area contributed by atoms with Gasteiger partial charge in [-0.2, -0.15) is 5.26 Å². The van der Waals surface area contributed by atoms with Gasteiger partial charge in [-0.05, 0) is 79.1 Å². The lowest BCUT2D eigenvalue weighted by Gasteiger charge is -2.28. The minimum absolute atomic E-state index is 0.00710. The molecule has 1 fully saturated rings. The molecule has 1 atom stereocenters. The average molecular weight is 598 g/mol. The van der Waals surface area contributed by atoms with Gasteiger partial charge >= 0.3 is 0 Å². The highest BCUT2D eigenvalue weighted by atomic mass is 32.2. The second-order valence-electron chi connectivity index (χ2n) is 10.4. The molecule has 5 rings (SSSR count). The lowest BCUT2D eigenvalue weighted by atomic mass is 10.1. The first-order chi connectivity index (χ1) is 20.8. The van der Waals surface area contributed by atoms with Gasteiger partial charge in [0.1, 0.15) is 23.4 Å². The summed E-state index contributed by atoms with van der Waals surface area (Å²) in [5.74, 6) is 2.14. The van der Waals surface area contributed by atoms with E-state index in [-0.39, 0.29) is 11.9 Å². The fourth-order valence-electron chi connectivity index (χ4n) is 4.88. The lowest BCUT2D eigenvalue weighted by Crippen LogP contribution is -2.24. The predicted octanol–water partition coefficient (Wildman–Crippen LogP) is 6.80. The number of sulfonamides is 1. The van der Waals surface area contributed by atoms with Crippen molar-refractivity contribution in [3.63, 3.8) is 0 Å². The quantitative estimate of drug-likeness (QED) is 0.192. The Morgan fingerprint density at radius 1 is 0.930 bits per heavy atom. The van der Waals surface area contributed by atoms with Crippen molar-refractivity contribution in [3.05, 3.63) is 113 Å². The van der Waals surface area contributed by atoms with Crippen LogP contribution in [-0.4, -0.2) is 33.5 Å². The topological polar surface area (TPSA) is 101 Å². The van der Waals surface area contributed by atoms with E-state index >= 15 is 0 Å². The molecule has 0 spiro atoms. The molecule has 0 aromatic heterocycles. The van der Waals surface area contributed by atoms with Crippen LogP contribution in [0, 0.1) is 18.3 Å². The van der Waals surface area contributed by atoms with Crippen LogP contribution >= 0.6 is 0 Å². The predicted molar refractivity (Wildman–Crippen MR) is 168 cm³/mol. The minimum Gasteiger partial charge on any atom is -0.488 e. The van der Waals surface area contributed by atoms with E-state index in [0.717, 1.165) is 41.2 Å². The Morgan fingerprint density at radius 3 is 2.26 bits per heavy atom. The van der Waals surface area contributed by atoms with E-state index in [4.69, 9.17) is 14.2 Å². The summed E-state index contributed by atoms with van der Waals surface area (Å²) >= 11 is 0. The van der Waals surface area contributed by atoms with E-state index in [2.05, 4.69) is 15.7 Å². The number of hydrogen-bond donors (Lipinski definition) is 1. The summed E-state index contributed by atoms with van der Waals surface area (Å²) < 4.78 is 44.9. The Morgan fingerprint density at radius 2 is 1.60 bits per heavy atom. The Hall–Kier alpha value is -4.52. The zero-order valence-corrected chi connectivity index (χ0v) is 25.1. The van der Waals surface area contributed by atoms with Crippen LogP contribution in [-0.2, 0) is 27.8 Å². The van der Waals surface area contributed by atoms with Gasteiger partial charge in [-0.3, -0.25) is 4.72 Å². The fourth-order valence-corrected chi connectivity index (χ4v) is 5.58. The number of hydrogen-bond acceptors (Lipinski definition) is 7. The first-order valence-corrected chi connectivity index (χ1v) is 15.9. The molecule has 0 bridgehead atoms. The van der Waals surface area contributed by atoms with Crippen molar-refractivity contribution >= 4 is 21.4 Å². The van der Waals surface area contributed by atoms with E-state index in [9.17, 15) is 13.7 Å². The van der Waals surface area contributed by atoms with Gasteiger partial charge in [-0.1, -0.05) is 36.4 Å². The first kappa shape index (κ1) is 30.0. The van der Waals surface area contributed by atoms with Crippen LogP contribution in [0.1, 0.15) is 35.6 Å². The van der Waals surface area contributed by atoms with Crippen molar-refractivity contribution in [2.45, 2.75) is 39.5 Å². The molecule has 9 heteroatoms. The molecule has 1 unspecified atom stereocenters. The van der Waals surface area contributed by atoms with E-state index in [1.54, 1.807) is 25.1 Å². The van der Waals surface area contributed by atoms with Crippen molar-refractivity contribution in [1.82, 2.24) is 0 Å². The molecular weight excluding hydrogens is 562 g/mol. The molecule has 0 saturated carbocycles. The number of benzene rings is 4. The zero-order valence-electron chi connectivity index (χ0n) is 24.3. The molecule has 1 N–H and O–H groups in total. The van der Waals surface area contributed by atoms with E-state index in [1.165, 1.54) is 0 Å². The van der Waals surface area contributed by atoms with Gasteiger partial charge in [0.05, 0.1) is 36.3 Å². The summed E-state index contributed by atoms with van der Waals surface area (Å²) in [4.78, 5) is 2.20. The monoisotopic (exact) mass is 597 g/mol. The number of ether oxygens (including phenoxy) is 3. The molecule has 1 aliphatic heterocycles. The molecule has 4 aromatic rings. The van der Waals surface area contributed by atoms with Crippen LogP contribution < -0.4 is 19.1 Å². The SMILES string of the molecule is CCS(=O)(=O)Nc1cccc(N(Cc2ccc(C#N)cc2)Cc2ccc(Oc3cccc(OC4CCOC4)c3)cc2)c1C. The van der Waals surface area contributed by atoms with Gasteiger partial charge in [-0.25, -0.2) is 8.42 Å². The third kappa shape index (κ3) is 8.07. The molecule has 222 valence electrons. The molecule has 1 saturated heterocycles. The van der Waals surface area contributed by atoms with Gasteiger partial charge in [0.2, 0.25) is 10.0 Å². The van der Waals surface area contributed by atoms with E-state index in [1.807, 2.05) is 79.7 Å². The third-order valence-electron chi connectivity index (χ3n) is 7.28. The largest absolute Gasteiger partial charge is 0.488 e. The highest BCUT2D eigenvalue weighted by Crippen LogP contribution is 2.31. The van der Waals surface area contributed by atoms with Crippen LogP contribution in [0.4, 0.5) is 11.4 Å². The molecule has 1 aliphatic rings. The molecule has 0 aliphatic carbocycles. The molecule has 4 aromatic carbocycles. The van der Waals surface area contributed by atoms with Crippen LogP contribution in [0.3, 0.4) is 0 Å². The third-order valence-corrected chi connectivity index (χ3v) is 8.57. The maximum Gasteiger partial charge on any atom is 0.232 e. The molecule has 0 radical (unpaired) electrons. The normalized spacial score (nSPS) is 14.6. The molecule has 8 nitrogen and oxygen atoms in total. The Labute approximate surface area is 253 Å². The van der Waals surface area contributed by atoms with Crippen LogP contribution in [0.25, 0.3) is 0 Å². The van der Waals surface area contributed by atoms with E-state index < -0.39 is 10.0 Å². The standard InChI is InChI=1S/C34H35N3O5S/c1-3-43(38,39)36-33-8-5-9-34(25(33)2)37(22-27-12-10-26(21-35)11-13-27)23-28-14-16-29(17-15-28)41-30-6-4-7-31(20-30)42-32-18-19-40-24-32/h4-17,20,32,36H,3,18-19,22-24H2,1-2H3. The van der Waals surface area contributed by atoms with Crippen LogP contribution in [0.5, 0.6) is 17.2 Å². The van der Waals surface area contributed by atoms with Crippen molar-refractivity contribution in [3.8, 4) is 23.3 Å². The molecule has 0 amide bonds. The first-order valence-electron chi connectivity index (χ1n) is 14.3. The highest BCUT2D eigenvalue weighted by molar-refractivity contribution is 7.92. The van der Waals surface area contributed by atoms with Crippen molar-refractivity contribution in [2.75, 3.05) is 28.6 Å². The summed E-state index contributed by atoms with van der Waals surface area (Å²) in [5, 5.41) is 9.21. The minimum atomic E-state index is -3.43. The van der Waals surface area contributed by atoms with Gasteiger partial charge in [0, 0.05) is 31.3 Å². The van der Waals surface area contributed by atoms with Gasteiger partial charge in [0.15, 0.2) is 0 Å². The average Bonchev–Trinajstić information content (AvgIpc) is 3.52. The number of nitrogens with zero attached hydrogens (tertiary/aromatic N) is 2. The molecule has 43 heavy (non-hydrogen) atoms. The zero-order chi connectivity index (χ0) is 30.2. The number of nitrogens with one attached hydrogen (secondary N) is 1. The van der Waals surface area contributed by atoms with Gasteiger partial charge < -0.3 is 19.1 Å². The maximum atomic E-state index is 12.3. The number of nitriles is 1. The fraction of sp³-hybridized carbons (Fsp3) is 0.265. The molecular formula is C34H35N3O5S. The van der Waals surface area contributed by atoms with Crippen molar-refractivity contribution < 1.29 is 22.6 Å². The smallest absolute Gasteiger partial charge is 0.232 e. The second-order valence-corrected chi connectivity index (χ2v) is 12.5. The number of rotatable bonds is 12. The Bertz CT molecular complexity index is 1680. The van der Waals surface area contributed by atoms with Crippen molar-refractivity contribution in [2.24, 2.45) is 0 Å². The van der Waals surface area contributed by atoms with Crippen LogP contribution in [0.2, 0.25) is 0 Å². The van der Waals surface area contributed by atoms with Gasteiger partial charge in [0.25, 0.3) is 0 Å². The Balaban J connectivity index is 1.35. The summed E-state index contributed by atoms with van der Waals surface area (Å²) in [6.45, 7) is 5.99. The van der Waals surface area contributed by atoms with E-state index in [0.29, 0.717) is 42.4 Å². The maximum absolute atomic E-state index is 12.3. The Kier molecular flexibility index (Phi) is 9.50. The highest BCUT2D eigenvalue weighted by Gasteiger charge is 2.18. The number of anilines is 2. The van der Waals surface area contributed by atoms with Crippen molar-refractivity contribution in [1.29, 1.82) is 5.26 Å². The summed E-state index contributed by atoms with van der Waals surface area (Å²) in [6, 6.07) is 30.8. The van der Waals surface area contributed by atoms with Gasteiger partial charge in [-0.15, -0.1) is 0 Å². The van der Waals surface area contributed by atoms with Crippen LogP contribution in [0.15, 0.2) is 91.0 Å². The summed E-state index contributed by atoms with van der Waals surface area (Å²) in [5.41, 5.74) is 4.98. The molecule has 1 heterocycles. The lowest BCUT2D eigenvalue weighted by molar-refractivity contribution is 0.141.